The standard InChI is InChI=1S/C23H35N9O4/c24-23(25)26-12-8-3-1-2-7-11-20(33)28-18(15-19-29-31-32-30-19)22(36)27-17(14-21(34)35)13-16-9-5-4-6-10-16/h4-6,9-10,17-18H,1-3,7-8,11-15H2,(H,27,36)(H,28,33)(H,34,35)(H4,24,25,26)(H,29,30,31,32)/t17-,18+/m0/s1. The van der Waals surface area contributed by atoms with Crippen LogP contribution >= 0.6 is 0 Å². The first-order valence-corrected chi connectivity index (χ1v) is 12.0. The van der Waals surface area contributed by atoms with Gasteiger partial charge in [-0.25, -0.2) is 0 Å². The quantitative estimate of drug-likeness (QED) is 0.0978. The monoisotopic (exact) mass is 501 g/mol. The van der Waals surface area contributed by atoms with Gasteiger partial charge in [0.1, 0.15) is 6.04 Å². The van der Waals surface area contributed by atoms with Crippen LogP contribution in [0.5, 0.6) is 0 Å². The maximum atomic E-state index is 13.1. The fourth-order valence-electron chi connectivity index (χ4n) is 3.65. The molecule has 2 aromatic rings. The van der Waals surface area contributed by atoms with Crippen LogP contribution in [-0.4, -0.2) is 68.1 Å². The van der Waals surface area contributed by atoms with Crippen LogP contribution in [0, 0.1) is 0 Å². The lowest BCUT2D eigenvalue weighted by molar-refractivity contribution is -0.138. The number of nitrogens with one attached hydrogen (secondary N) is 3. The molecule has 0 radical (unpaired) electrons. The van der Waals surface area contributed by atoms with Crippen molar-refractivity contribution in [3.8, 4) is 0 Å². The Balaban J connectivity index is 1.89. The molecule has 1 aromatic carbocycles. The second kappa shape index (κ2) is 15.8. The molecule has 0 aliphatic rings. The molecule has 13 nitrogen and oxygen atoms in total. The first kappa shape index (κ1) is 28.2. The van der Waals surface area contributed by atoms with Crippen molar-refractivity contribution in [3.05, 3.63) is 41.7 Å². The Hall–Kier alpha value is -4.03. The van der Waals surface area contributed by atoms with Crippen molar-refractivity contribution < 1.29 is 19.5 Å². The molecule has 1 heterocycles. The lowest BCUT2D eigenvalue weighted by Gasteiger charge is -2.22. The van der Waals surface area contributed by atoms with Gasteiger partial charge in [0.15, 0.2) is 11.8 Å². The van der Waals surface area contributed by atoms with Crippen LogP contribution in [0.25, 0.3) is 0 Å². The second-order valence-electron chi connectivity index (χ2n) is 8.47. The van der Waals surface area contributed by atoms with Gasteiger partial charge in [-0.3, -0.25) is 19.4 Å². The number of hydrogen-bond donors (Lipinski definition) is 6. The van der Waals surface area contributed by atoms with Crippen molar-refractivity contribution in [1.29, 1.82) is 0 Å². The summed E-state index contributed by atoms with van der Waals surface area (Å²) < 4.78 is 0. The van der Waals surface area contributed by atoms with Crippen LogP contribution in [0.4, 0.5) is 0 Å². The number of benzene rings is 1. The summed E-state index contributed by atoms with van der Waals surface area (Å²) >= 11 is 0. The number of nitrogens with zero attached hydrogens (tertiary/aromatic N) is 4. The highest BCUT2D eigenvalue weighted by molar-refractivity contribution is 5.88. The molecule has 2 rings (SSSR count). The van der Waals surface area contributed by atoms with E-state index in [1.54, 1.807) is 0 Å². The minimum absolute atomic E-state index is 0.0179. The smallest absolute Gasteiger partial charge is 0.305 e. The Kier molecular flexibility index (Phi) is 12.4. The Morgan fingerprint density at radius 1 is 1.00 bits per heavy atom. The Labute approximate surface area is 209 Å². The molecule has 0 aliphatic heterocycles. The van der Waals surface area contributed by atoms with Gasteiger partial charge >= 0.3 is 5.97 Å². The third-order valence-electron chi connectivity index (χ3n) is 5.38. The number of nitrogens with two attached hydrogens (primary N) is 2. The first-order valence-electron chi connectivity index (χ1n) is 12.0. The van der Waals surface area contributed by atoms with Crippen LogP contribution in [0.3, 0.4) is 0 Å². The summed E-state index contributed by atoms with van der Waals surface area (Å²) in [4.78, 5) is 40.9. The molecule has 0 aliphatic carbocycles. The number of carboxylic acids is 1. The number of tetrazole rings is 1. The van der Waals surface area contributed by atoms with E-state index >= 15 is 0 Å². The molecule has 8 N–H and O–H groups in total. The van der Waals surface area contributed by atoms with E-state index in [0.29, 0.717) is 19.4 Å². The summed E-state index contributed by atoms with van der Waals surface area (Å²) in [6.07, 6.45) is 4.64. The fraction of sp³-hybridized carbons (Fsp3) is 0.522. The predicted octanol–water partition coefficient (Wildman–Crippen LogP) is 0.0432. The van der Waals surface area contributed by atoms with Crippen molar-refractivity contribution in [2.75, 3.05) is 6.54 Å². The average Bonchev–Trinajstić information content (AvgIpc) is 3.33. The van der Waals surface area contributed by atoms with Gasteiger partial charge < -0.3 is 27.2 Å². The molecule has 2 amide bonds. The van der Waals surface area contributed by atoms with Crippen molar-refractivity contribution in [1.82, 2.24) is 31.3 Å². The number of guanidine groups is 1. The van der Waals surface area contributed by atoms with E-state index in [-0.39, 0.29) is 37.0 Å². The van der Waals surface area contributed by atoms with Gasteiger partial charge in [0, 0.05) is 25.4 Å². The van der Waals surface area contributed by atoms with Crippen LogP contribution in [0.2, 0.25) is 0 Å². The summed E-state index contributed by atoms with van der Waals surface area (Å²) in [6, 6.07) is 7.65. The van der Waals surface area contributed by atoms with Gasteiger partial charge in [0.05, 0.1) is 6.42 Å². The molecule has 13 heteroatoms. The zero-order valence-electron chi connectivity index (χ0n) is 20.2. The number of carboxylic acid groups (broad SMARTS) is 1. The molecule has 0 spiro atoms. The summed E-state index contributed by atoms with van der Waals surface area (Å²) in [5, 5.41) is 28.4. The molecule has 196 valence electrons. The Bertz CT molecular complexity index is 963. The minimum Gasteiger partial charge on any atom is -0.481 e. The summed E-state index contributed by atoms with van der Waals surface area (Å²) in [6.45, 7) is 0.586. The molecule has 36 heavy (non-hydrogen) atoms. The molecule has 0 unspecified atom stereocenters. The highest BCUT2D eigenvalue weighted by Gasteiger charge is 2.26. The van der Waals surface area contributed by atoms with Gasteiger partial charge in [-0.15, -0.1) is 10.2 Å². The van der Waals surface area contributed by atoms with Gasteiger partial charge in [0.25, 0.3) is 0 Å². The normalized spacial score (nSPS) is 12.3. The second-order valence-corrected chi connectivity index (χ2v) is 8.47. The molecule has 0 saturated heterocycles. The van der Waals surface area contributed by atoms with Crippen molar-refractivity contribution >= 4 is 23.7 Å². The number of carbonyl (C=O) groups excluding carboxylic acids is 2. The van der Waals surface area contributed by atoms with Gasteiger partial charge in [0.2, 0.25) is 11.8 Å². The number of aliphatic imine (C=N–C) groups is 1. The van der Waals surface area contributed by atoms with Gasteiger partial charge in [-0.05, 0) is 24.8 Å². The van der Waals surface area contributed by atoms with E-state index < -0.39 is 24.0 Å². The first-order chi connectivity index (χ1) is 17.3. The van der Waals surface area contributed by atoms with Crippen molar-refractivity contribution in [2.45, 2.75) is 69.9 Å². The number of rotatable bonds is 17. The van der Waals surface area contributed by atoms with E-state index in [2.05, 4.69) is 36.3 Å². The number of hydrogen-bond acceptors (Lipinski definition) is 7. The zero-order chi connectivity index (χ0) is 26.2. The topological polar surface area (TPSA) is 214 Å². The van der Waals surface area contributed by atoms with Crippen LogP contribution < -0.4 is 22.1 Å². The number of aliphatic carboxylic acids is 1. The SMILES string of the molecule is NC(N)=NCCCCCCCC(=O)N[C@H](Cc1nn[nH]n1)C(=O)N[C@H](CC(=O)O)Cc1ccccc1. The molecule has 0 fully saturated rings. The highest BCUT2D eigenvalue weighted by atomic mass is 16.4. The van der Waals surface area contributed by atoms with Crippen molar-refractivity contribution in [2.24, 2.45) is 16.5 Å². The maximum absolute atomic E-state index is 13.1. The minimum atomic E-state index is -1.03. The molecule has 1 aromatic heterocycles. The molecule has 2 atom stereocenters. The number of H-pyrrole nitrogens is 1. The summed E-state index contributed by atoms with van der Waals surface area (Å²) in [5.74, 6) is -1.48. The fourth-order valence-corrected chi connectivity index (χ4v) is 3.65. The molecular formula is C23H35N9O4. The van der Waals surface area contributed by atoms with E-state index in [1.165, 1.54) is 0 Å². The molecular weight excluding hydrogens is 466 g/mol. The van der Waals surface area contributed by atoms with Crippen LogP contribution in [0.1, 0.15) is 56.3 Å². The van der Waals surface area contributed by atoms with E-state index in [1.807, 2.05) is 30.3 Å². The van der Waals surface area contributed by atoms with Crippen LogP contribution in [0.15, 0.2) is 35.3 Å². The van der Waals surface area contributed by atoms with Gasteiger partial charge in [-0.2, -0.15) is 5.21 Å². The zero-order valence-corrected chi connectivity index (χ0v) is 20.2. The van der Waals surface area contributed by atoms with E-state index in [4.69, 9.17) is 11.5 Å². The number of carbonyl (C=O) groups is 3. The third-order valence-corrected chi connectivity index (χ3v) is 5.38. The number of aromatic nitrogens is 4. The summed E-state index contributed by atoms with van der Waals surface area (Å²) in [7, 11) is 0. The van der Waals surface area contributed by atoms with E-state index in [9.17, 15) is 19.5 Å². The lowest BCUT2D eigenvalue weighted by atomic mass is 10.0. The Morgan fingerprint density at radius 2 is 1.72 bits per heavy atom. The lowest BCUT2D eigenvalue weighted by Crippen LogP contribution is -2.51. The number of aromatic amines is 1. The molecule has 0 saturated carbocycles. The number of unbranched alkanes of at least 4 members (excludes halogenated alkanes) is 4. The van der Waals surface area contributed by atoms with Crippen molar-refractivity contribution in [3.63, 3.8) is 0 Å². The number of amides is 2. The summed E-state index contributed by atoms with van der Waals surface area (Å²) in [5.41, 5.74) is 11.5. The maximum Gasteiger partial charge on any atom is 0.305 e. The van der Waals surface area contributed by atoms with Gasteiger partial charge in [-0.1, -0.05) is 54.8 Å². The predicted molar refractivity (Wildman–Crippen MR) is 133 cm³/mol. The third kappa shape index (κ3) is 11.9. The molecule has 0 bridgehead atoms. The van der Waals surface area contributed by atoms with E-state index in [0.717, 1.165) is 31.2 Å². The average molecular weight is 502 g/mol. The highest BCUT2D eigenvalue weighted by Crippen LogP contribution is 2.09. The Morgan fingerprint density at radius 3 is 2.39 bits per heavy atom. The van der Waals surface area contributed by atoms with Crippen LogP contribution in [-0.2, 0) is 27.2 Å². The largest absolute Gasteiger partial charge is 0.481 e.